The molecule has 150 valence electrons. The van der Waals surface area contributed by atoms with Crippen LogP contribution >= 0.6 is 0 Å². The SMILES string of the molecule is CCC(=O)N(Cc1ccc(OC)cc1)Cc1cc2cc3c(cc2[nH]c1=O)OCO3. The number of aromatic amines is 1. The number of nitrogens with zero attached hydrogens (tertiary/aromatic N) is 1. The summed E-state index contributed by atoms with van der Waals surface area (Å²) in [7, 11) is 1.61. The highest BCUT2D eigenvalue weighted by Gasteiger charge is 2.18. The summed E-state index contributed by atoms with van der Waals surface area (Å²) in [5, 5.41) is 0.831. The molecule has 2 aromatic carbocycles. The third kappa shape index (κ3) is 3.89. The van der Waals surface area contributed by atoms with Crippen LogP contribution in [0.25, 0.3) is 10.9 Å². The van der Waals surface area contributed by atoms with Gasteiger partial charge in [-0.05, 0) is 29.8 Å². The minimum Gasteiger partial charge on any atom is -0.497 e. The van der Waals surface area contributed by atoms with Gasteiger partial charge in [0.1, 0.15) is 5.75 Å². The van der Waals surface area contributed by atoms with E-state index in [4.69, 9.17) is 14.2 Å². The summed E-state index contributed by atoms with van der Waals surface area (Å²) in [6, 6.07) is 13.0. The van der Waals surface area contributed by atoms with Gasteiger partial charge in [-0.25, -0.2) is 0 Å². The first-order valence-corrected chi connectivity index (χ1v) is 9.43. The van der Waals surface area contributed by atoms with Crippen molar-refractivity contribution in [3.8, 4) is 17.2 Å². The number of amides is 1. The lowest BCUT2D eigenvalue weighted by atomic mass is 10.1. The Labute approximate surface area is 167 Å². The van der Waals surface area contributed by atoms with Gasteiger partial charge in [-0.3, -0.25) is 9.59 Å². The minimum absolute atomic E-state index is 0.0222. The van der Waals surface area contributed by atoms with Crippen molar-refractivity contribution in [1.82, 2.24) is 9.88 Å². The van der Waals surface area contributed by atoms with Gasteiger partial charge in [-0.1, -0.05) is 19.1 Å². The van der Waals surface area contributed by atoms with Gasteiger partial charge in [0, 0.05) is 30.0 Å². The number of methoxy groups -OCH3 is 1. The van der Waals surface area contributed by atoms with E-state index in [1.807, 2.05) is 37.3 Å². The number of aromatic nitrogens is 1. The van der Waals surface area contributed by atoms with Crippen LogP contribution in [-0.4, -0.2) is 29.7 Å². The van der Waals surface area contributed by atoms with Crippen LogP contribution < -0.4 is 19.8 Å². The van der Waals surface area contributed by atoms with Crippen LogP contribution in [0.1, 0.15) is 24.5 Å². The summed E-state index contributed by atoms with van der Waals surface area (Å²) >= 11 is 0. The van der Waals surface area contributed by atoms with Gasteiger partial charge in [0.2, 0.25) is 12.7 Å². The lowest BCUT2D eigenvalue weighted by Gasteiger charge is -2.22. The summed E-state index contributed by atoms with van der Waals surface area (Å²) in [6.07, 6.45) is 0.361. The molecule has 0 unspecified atom stereocenters. The Morgan fingerprint density at radius 2 is 1.83 bits per heavy atom. The smallest absolute Gasteiger partial charge is 0.253 e. The largest absolute Gasteiger partial charge is 0.497 e. The van der Waals surface area contributed by atoms with Crippen LogP contribution in [0, 0.1) is 0 Å². The standard InChI is InChI=1S/C22H22N2O5/c1-3-21(25)24(11-14-4-6-17(27-2)7-5-14)12-16-8-15-9-19-20(29-13-28-19)10-18(15)23-22(16)26/h4-10H,3,11-13H2,1-2H3,(H,23,26). The molecule has 29 heavy (non-hydrogen) atoms. The Morgan fingerprint density at radius 1 is 1.10 bits per heavy atom. The van der Waals surface area contributed by atoms with Gasteiger partial charge in [0.25, 0.3) is 5.56 Å². The van der Waals surface area contributed by atoms with Crippen molar-refractivity contribution in [2.45, 2.75) is 26.4 Å². The zero-order chi connectivity index (χ0) is 20.4. The molecule has 0 saturated carbocycles. The first kappa shape index (κ1) is 18.9. The first-order chi connectivity index (χ1) is 14.1. The zero-order valence-electron chi connectivity index (χ0n) is 16.4. The van der Waals surface area contributed by atoms with Gasteiger partial charge in [0.15, 0.2) is 11.5 Å². The maximum Gasteiger partial charge on any atom is 0.253 e. The quantitative estimate of drug-likeness (QED) is 0.694. The van der Waals surface area contributed by atoms with Crippen molar-refractivity contribution in [3.63, 3.8) is 0 Å². The van der Waals surface area contributed by atoms with Crippen molar-refractivity contribution in [2.75, 3.05) is 13.9 Å². The van der Waals surface area contributed by atoms with Crippen LogP contribution in [0.4, 0.5) is 0 Å². The summed E-state index contributed by atoms with van der Waals surface area (Å²) in [6.45, 7) is 2.62. The van der Waals surface area contributed by atoms with E-state index in [0.717, 1.165) is 16.7 Å². The van der Waals surface area contributed by atoms with E-state index in [-0.39, 0.29) is 24.8 Å². The molecule has 0 bridgehead atoms. The molecule has 0 spiro atoms. The van der Waals surface area contributed by atoms with E-state index in [1.165, 1.54) is 0 Å². The second kappa shape index (κ2) is 7.87. The number of ether oxygens (including phenoxy) is 3. The van der Waals surface area contributed by atoms with Crippen molar-refractivity contribution >= 4 is 16.8 Å². The van der Waals surface area contributed by atoms with E-state index >= 15 is 0 Å². The molecular weight excluding hydrogens is 372 g/mol. The summed E-state index contributed by atoms with van der Waals surface area (Å²) in [5.74, 6) is 2.00. The molecule has 7 heteroatoms. The Hall–Kier alpha value is -3.48. The number of fused-ring (bicyclic) bond motifs is 2. The molecule has 7 nitrogen and oxygen atoms in total. The Balaban J connectivity index is 1.63. The molecule has 0 saturated heterocycles. The second-order valence-electron chi connectivity index (χ2n) is 6.87. The highest BCUT2D eigenvalue weighted by atomic mass is 16.7. The predicted molar refractivity (Wildman–Crippen MR) is 108 cm³/mol. The van der Waals surface area contributed by atoms with Gasteiger partial charge >= 0.3 is 0 Å². The number of hydrogen-bond donors (Lipinski definition) is 1. The highest BCUT2D eigenvalue weighted by molar-refractivity contribution is 5.83. The maximum absolute atomic E-state index is 12.6. The van der Waals surface area contributed by atoms with Crippen molar-refractivity contribution in [2.24, 2.45) is 0 Å². The molecule has 1 aromatic heterocycles. The zero-order valence-corrected chi connectivity index (χ0v) is 16.4. The molecule has 0 radical (unpaired) electrons. The highest BCUT2D eigenvalue weighted by Crippen LogP contribution is 2.35. The fourth-order valence-electron chi connectivity index (χ4n) is 3.37. The Kier molecular flexibility index (Phi) is 5.12. The van der Waals surface area contributed by atoms with Crippen molar-refractivity contribution in [3.05, 3.63) is 63.9 Å². The Bertz CT molecular complexity index is 1100. The Morgan fingerprint density at radius 3 is 2.52 bits per heavy atom. The second-order valence-corrected chi connectivity index (χ2v) is 6.87. The monoisotopic (exact) mass is 394 g/mol. The molecule has 1 aliphatic heterocycles. The van der Waals surface area contributed by atoms with E-state index in [1.54, 1.807) is 24.1 Å². The van der Waals surface area contributed by atoms with Crippen LogP contribution in [0.15, 0.2) is 47.3 Å². The molecule has 1 N–H and O–H groups in total. The topological polar surface area (TPSA) is 80.9 Å². The average molecular weight is 394 g/mol. The number of carbonyl (C=O) groups is 1. The van der Waals surface area contributed by atoms with Crippen molar-refractivity contribution in [1.29, 1.82) is 0 Å². The van der Waals surface area contributed by atoms with Crippen LogP contribution in [0.2, 0.25) is 0 Å². The van der Waals surface area contributed by atoms with Crippen molar-refractivity contribution < 1.29 is 19.0 Å². The summed E-state index contributed by atoms with van der Waals surface area (Å²) in [5.41, 5.74) is 1.94. The normalized spacial score (nSPS) is 12.2. The first-order valence-electron chi connectivity index (χ1n) is 9.43. The van der Waals surface area contributed by atoms with Gasteiger partial charge in [-0.2, -0.15) is 0 Å². The van der Waals surface area contributed by atoms with Gasteiger partial charge in [0.05, 0.1) is 19.2 Å². The number of rotatable bonds is 6. The average Bonchev–Trinajstić information content (AvgIpc) is 3.19. The number of benzene rings is 2. The molecule has 1 aliphatic rings. The minimum atomic E-state index is -0.222. The number of H-pyrrole nitrogens is 1. The van der Waals surface area contributed by atoms with E-state index in [0.29, 0.717) is 35.5 Å². The fraction of sp³-hybridized carbons (Fsp3) is 0.273. The van der Waals surface area contributed by atoms with E-state index in [9.17, 15) is 9.59 Å². The number of carbonyl (C=O) groups excluding carboxylic acids is 1. The molecule has 4 rings (SSSR count). The molecule has 0 fully saturated rings. The summed E-state index contributed by atoms with van der Waals surface area (Å²) < 4.78 is 16.0. The third-order valence-electron chi connectivity index (χ3n) is 4.96. The number of pyridine rings is 1. The number of nitrogens with one attached hydrogen (secondary N) is 1. The summed E-state index contributed by atoms with van der Waals surface area (Å²) in [4.78, 5) is 29.7. The van der Waals surface area contributed by atoms with Gasteiger partial charge < -0.3 is 24.1 Å². The molecule has 1 amide bonds. The van der Waals surface area contributed by atoms with Crippen LogP contribution in [-0.2, 0) is 17.9 Å². The van der Waals surface area contributed by atoms with Crippen LogP contribution in [0.5, 0.6) is 17.2 Å². The maximum atomic E-state index is 12.6. The predicted octanol–water partition coefficient (Wildman–Crippen LogP) is 3.20. The lowest BCUT2D eigenvalue weighted by Crippen LogP contribution is -2.31. The van der Waals surface area contributed by atoms with Gasteiger partial charge in [-0.15, -0.1) is 0 Å². The molecule has 0 aliphatic carbocycles. The lowest BCUT2D eigenvalue weighted by molar-refractivity contribution is -0.132. The number of hydrogen-bond acceptors (Lipinski definition) is 5. The van der Waals surface area contributed by atoms with E-state index < -0.39 is 0 Å². The fourth-order valence-corrected chi connectivity index (χ4v) is 3.37. The molecule has 0 atom stereocenters. The molecular formula is C22H22N2O5. The molecule has 3 aromatic rings. The third-order valence-corrected chi connectivity index (χ3v) is 4.96. The van der Waals surface area contributed by atoms with Crippen LogP contribution in [0.3, 0.4) is 0 Å². The molecule has 2 heterocycles. The van der Waals surface area contributed by atoms with E-state index in [2.05, 4.69) is 4.98 Å².